The minimum absolute atomic E-state index is 0.132. The van der Waals surface area contributed by atoms with Crippen molar-refractivity contribution < 1.29 is 13.9 Å². The van der Waals surface area contributed by atoms with E-state index in [4.69, 9.17) is 20.8 Å². The Morgan fingerprint density at radius 2 is 2.09 bits per heavy atom. The van der Waals surface area contributed by atoms with Crippen LogP contribution in [0.4, 0.5) is 0 Å². The molecule has 0 atom stereocenters. The Hall–Kier alpha value is -2.01. The third kappa shape index (κ3) is 4.73. The van der Waals surface area contributed by atoms with Crippen molar-refractivity contribution in [2.75, 3.05) is 13.2 Å². The lowest BCUT2D eigenvalue weighted by Gasteiger charge is -2.10. The summed E-state index contributed by atoms with van der Waals surface area (Å²) in [5.41, 5.74) is 0.730. The Labute approximate surface area is 139 Å². The zero-order valence-electron chi connectivity index (χ0n) is 13.3. The summed E-state index contributed by atoms with van der Waals surface area (Å²) in [5, 5.41) is 3.89. The topological polar surface area (TPSA) is 68.5 Å². The Bertz CT molecular complexity index is 754. The molecule has 6 heteroatoms. The molecule has 23 heavy (non-hydrogen) atoms. The molecule has 1 amide bonds. The lowest BCUT2D eigenvalue weighted by atomic mass is 10.1. The first kappa shape index (κ1) is 17.3. The maximum atomic E-state index is 11.7. The average Bonchev–Trinajstić information content (AvgIpc) is 2.50. The van der Waals surface area contributed by atoms with E-state index in [1.165, 1.54) is 12.1 Å². The molecule has 2 rings (SSSR count). The van der Waals surface area contributed by atoms with E-state index >= 15 is 0 Å². The van der Waals surface area contributed by atoms with Crippen LogP contribution in [0, 0.1) is 6.92 Å². The number of benzene rings is 1. The number of carbonyl (C=O) groups is 1. The van der Waals surface area contributed by atoms with Crippen molar-refractivity contribution >= 4 is 28.5 Å². The monoisotopic (exact) mass is 337 g/mol. The van der Waals surface area contributed by atoms with E-state index in [1.807, 2.05) is 0 Å². The lowest BCUT2D eigenvalue weighted by Crippen LogP contribution is -2.29. The van der Waals surface area contributed by atoms with Crippen LogP contribution in [0.3, 0.4) is 0 Å². The molecule has 5 nitrogen and oxygen atoms in total. The highest BCUT2D eigenvalue weighted by atomic mass is 35.5. The zero-order valence-corrected chi connectivity index (χ0v) is 14.0. The van der Waals surface area contributed by atoms with Gasteiger partial charge < -0.3 is 14.5 Å². The van der Waals surface area contributed by atoms with Gasteiger partial charge in [-0.25, -0.2) is 4.79 Å². The Kier molecular flexibility index (Phi) is 6.04. The minimum Gasteiger partial charge on any atom is -0.482 e. The van der Waals surface area contributed by atoms with Gasteiger partial charge in [0, 0.05) is 24.1 Å². The normalized spacial score (nSPS) is 10.7. The highest BCUT2D eigenvalue weighted by molar-refractivity contribution is 6.32. The van der Waals surface area contributed by atoms with Crippen LogP contribution in [0.1, 0.15) is 31.7 Å². The number of carbonyl (C=O) groups excluding carboxylic acids is 1. The molecule has 2 aromatic rings. The molecule has 0 radical (unpaired) electrons. The van der Waals surface area contributed by atoms with Gasteiger partial charge in [0.05, 0.1) is 5.02 Å². The van der Waals surface area contributed by atoms with Crippen LogP contribution in [-0.2, 0) is 4.79 Å². The maximum Gasteiger partial charge on any atom is 0.336 e. The molecule has 0 spiro atoms. The van der Waals surface area contributed by atoms with Crippen molar-refractivity contribution in [2.24, 2.45) is 0 Å². The van der Waals surface area contributed by atoms with Crippen LogP contribution in [-0.4, -0.2) is 19.1 Å². The van der Waals surface area contributed by atoms with Crippen LogP contribution >= 0.6 is 11.6 Å². The molecular formula is C17H20ClNO4. The summed E-state index contributed by atoms with van der Waals surface area (Å²) in [6.07, 6.45) is 3.13. The van der Waals surface area contributed by atoms with Gasteiger partial charge in [-0.15, -0.1) is 0 Å². The van der Waals surface area contributed by atoms with Crippen molar-refractivity contribution in [3.63, 3.8) is 0 Å². The van der Waals surface area contributed by atoms with Gasteiger partial charge in [0.25, 0.3) is 5.91 Å². The molecule has 1 aromatic carbocycles. The fourth-order valence-corrected chi connectivity index (χ4v) is 2.45. The van der Waals surface area contributed by atoms with E-state index in [0.717, 1.165) is 30.2 Å². The first-order chi connectivity index (χ1) is 11.0. The summed E-state index contributed by atoms with van der Waals surface area (Å²) in [6.45, 7) is 4.41. The largest absolute Gasteiger partial charge is 0.482 e. The van der Waals surface area contributed by atoms with Crippen molar-refractivity contribution in [2.45, 2.75) is 33.1 Å². The summed E-state index contributed by atoms with van der Waals surface area (Å²) in [5.74, 6) is 0.111. The van der Waals surface area contributed by atoms with Crippen LogP contribution < -0.4 is 15.7 Å². The summed E-state index contributed by atoms with van der Waals surface area (Å²) in [6, 6.07) is 4.61. The van der Waals surface area contributed by atoms with Gasteiger partial charge in [-0.05, 0) is 25.0 Å². The number of ether oxygens (including phenoxy) is 1. The third-order valence-corrected chi connectivity index (χ3v) is 3.76. The van der Waals surface area contributed by atoms with Gasteiger partial charge in [-0.1, -0.05) is 31.4 Å². The van der Waals surface area contributed by atoms with Gasteiger partial charge >= 0.3 is 5.63 Å². The van der Waals surface area contributed by atoms with E-state index < -0.39 is 5.63 Å². The average molecular weight is 338 g/mol. The molecule has 0 saturated heterocycles. The SMILES string of the molecule is CCCCCNC(=O)COc1cc2oc(=O)cc(C)c2cc1Cl. The number of halogens is 1. The van der Waals surface area contributed by atoms with Crippen LogP contribution in [0.25, 0.3) is 11.0 Å². The van der Waals surface area contributed by atoms with Crippen molar-refractivity contribution in [3.8, 4) is 5.75 Å². The second-order valence-corrected chi connectivity index (χ2v) is 5.78. The number of amides is 1. The smallest absolute Gasteiger partial charge is 0.336 e. The summed E-state index contributed by atoms with van der Waals surface area (Å²) < 4.78 is 10.6. The number of unbranched alkanes of at least 4 members (excludes halogenated alkanes) is 2. The Morgan fingerprint density at radius 3 is 2.83 bits per heavy atom. The predicted molar refractivity (Wildman–Crippen MR) is 90.3 cm³/mol. The number of rotatable bonds is 7. The molecule has 0 aliphatic rings. The number of fused-ring (bicyclic) bond motifs is 1. The molecule has 0 unspecified atom stereocenters. The van der Waals surface area contributed by atoms with Crippen LogP contribution in [0.5, 0.6) is 5.75 Å². The lowest BCUT2D eigenvalue weighted by molar-refractivity contribution is -0.123. The molecule has 1 heterocycles. The van der Waals surface area contributed by atoms with E-state index in [-0.39, 0.29) is 12.5 Å². The summed E-state index contributed by atoms with van der Waals surface area (Å²) in [7, 11) is 0. The van der Waals surface area contributed by atoms with Gasteiger partial charge in [0.1, 0.15) is 11.3 Å². The van der Waals surface area contributed by atoms with E-state index in [9.17, 15) is 9.59 Å². The first-order valence-electron chi connectivity index (χ1n) is 7.64. The van der Waals surface area contributed by atoms with Gasteiger partial charge in [-0.2, -0.15) is 0 Å². The highest BCUT2D eigenvalue weighted by Gasteiger charge is 2.10. The Morgan fingerprint density at radius 1 is 1.30 bits per heavy atom. The molecule has 1 aromatic heterocycles. The van der Waals surface area contributed by atoms with Crippen LogP contribution in [0.2, 0.25) is 5.02 Å². The molecule has 0 fully saturated rings. The van der Waals surface area contributed by atoms with Crippen LogP contribution in [0.15, 0.2) is 27.4 Å². The quantitative estimate of drug-likeness (QED) is 0.620. The molecule has 0 aliphatic heterocycles. The molecule has 1 N–H and O–H groups in total. The highest BCUT2D eigenvalue weighted by Crippen LogP contribution is 2.30. The molecule has 124 valence electrons. The van der Waals surface area contributed by atoms with E-state index in [1.54, 1.807) is 13.0 Å². The minimum atomic E-state index is -0.433. The third-order valence-electron chi connectivity index (χ3n) is 3.47. The summed E-state index contributed by atoms with van der Waals surface area (Å²) in [4.78, 5) is 23.1. The van der Waals surface area contributed by atoms with E-state index in [2.05, 4.69) is 12.2 Å². The second-order valence-electron chi connectivity index (χ2n) is 5.37. The van der Waals surface area contributed by atoms with Gasteiger partial charge in [0.15, 0.2) is 6.61 Å². The van der Waals surface area contributed by atoms with Crippen molar-refractivity contribution in [1.29, 1.82) is 0 Å². The fourth-order valence-electron chi connectivity index (χ4n) is 2.23. The molecule has 0 saturated carbocycles. The predicted octanol–water partition coefficient (Wildman–Crippen LogP) is 3.44. The second kappa shape index (κ2) is 8.02. The molecule has 0 aliphatic carbocycles. The fraction of sp³-hybridized carbons (Fsp3) is 0.412. The summed E-state index contributed by atoms with van der Waals surface area (Å²) >= 11 is 6.17. The maximum absolute atomic E-state index is 11.7. The van der Waals surface area contributed by atoms with Crippen molar-refractivity contribution in [3.05, 3.63) is 39.2 Å². The van der Waals surface area contributed by atoms with Crippen molar-refractivity contribution in [1.82, 2.24) is 5.32 Å². The number of nitrogens with one attached hydrogen (secondary N) is 1. The Balaban J connectivity index is 2.04. The standard InChI is InChI=1S/C17H20ClNO4/c1-3-4-5-6-19-16(20)10-22-15-9-14-12(8-13(15)18)11(2)7-17(21)23-14/h7-9H,3-6,10H2,1-2H3,(H,19,20). The van der Waals surface area contributed by atoms with Gasteiger partial charge in [-0.3, -0.25) is 4.79 Å². The number of hydrogen-bond acceptors (Lipinski definition) is 4. The number of aryl methyl sites for hydroxylation is 1. The first-order valence-corrected chi connectivity index (χ1v) is 8.02. The van der Waals surface area contributed by atoms with Gasteiger partial charge in [0.2, 0.25) is 0 Å². The molecular weight excluding hydrogens is 318 g/mol. The molecule has 0 bridgehead atoms. The van der Waals surface area contributed by atoms with E-state index in [0.29, 0.717) is 22.9 Å². The number of hydrogen-bond donors (Lipinski definition) is 1. The zero-order chi connectivity index (χ0) is 16.8.